The van der Waals surface area contributed by atoms with Gasteiger partial charge in [0.1, 0.15) is 0 Å². The zero-order valence-corrected chi connectivity index (χ0v) is 21.0. The molecule has 0 atom stereocenters. The van der Waals surface area contributed by atoms with Gasteiger partial charge in [0.15, 0.2) is 0 Å². The molecule has 0 spiro atoms. The third kappa shape index (κ3) is 3.73. The molecule has 5 aromatic carbocycles. The number of hydrogen-bond acceptors (Lipinski definition) is 1. The first kappa shape index (κ1) is 22.3. The lowest BCUT2D eigenvalue weighted by Gasteiger charge is -2.25. The van der Waals surface area contributed by atoms with Crippen molar-refractivity contribution in [1.82, 2.24) is 0 Å². The Balaban J connectivity index is 2.05. The van der Waals surface area contributed by atoms with Gasteiger partial charge in [0, 0.05) is 0 Å². The fraction of sp³-hybridized carbons (Fsp3) is 0.310. The second kappa shape index (κ2) is 7.03. The third-order valence-electron chi connectivity index (χ3n) is 6.87. The molecule has 0 unspecified atom stereocenters. The van der Waals surface area contributed by atoms with Gasteiger partial charge in [0.05, 0.1) is 6.16 Å². The van der Waals surface area contributed by atoms with Crippen LogP contribution in [-0.2, 0) is 21.6 Å². The first-order valence-electron chi connectivity index (χ1n) is 11.5. The highest BCUT2D eigenvalue weighted by Gasteiger charge is 2.23. The van der Waals surface area contributed by atoms with Crippen LogP contribution in [0.5, 0.6) is 0 Å². The van der Waals surface area contributed by atoms with Crippen LogP contribution in [0.15, 0.2) is 54.6 Å². The van der Waals surface area contributed by atoms with Gasteiger partial charge in [-0.1, -0.05) is 84.0 Å². The van der Waals surface area contributed by atoms with E-state index >= 15 is 0 Å². The Morgan fingerprint density at radius 3 is 1.70 bits per heavy atom. The monoisotopic (exact) mass is 458 g/mol. The molecule has 2 N–H and O–H groups in total. The highest BCUT2D eigenvalue weighted by atomic mass is 31.2. The highest BCUT2D eigenvalue weighted by molar-refractivity contribution is 7.50. The maximum absolute atomic E-state index is 11.9. The zero-order valence-electron chi connectivity index (χ0n) is 20.2. The van der Waals surface area contributed by atoms with Crippen molar-refractivity contribution >= 4 is 50.7 Å². The summed E-state index contributed by atoms with van der Waals surface area (Å²) in [7, 11) is -4.18. The minimum atomic E-state index is -4.18. The van der Waals surface area contributed by atoms with Crippen LogP contribution in [0.2, 0.25) is 0 Å². The zero-order chi connectivity index (χ0) is 23.9. The van der Waals surface area contributed by atoms with E-state index in [4.69, 9.17) is 0 Å². The molecule has 5 aromatic rings. The summed E-state index contributed by atoms with van der Waals surface area (Å²) in [5, 5.41) is 9.23. The average Bonchev–Trinajstić information content (AvgIpc) is 2.69. The standard InChI is InChI=1S/C29H31O3P/c1-28(2,3)19-12-18-13-20(29(4,5)6)15-25-23-11-10-17(16-33(30,31)32)21-8-7-9-22(27(21)23)24(14-19)26(18)25/h7-15H,16H2,1-6H3,(H2,30,31,32). The highest BCUT2D eigenvalue weighted by Crippen LogP contribution is 2.47. The molecule has 0 amide bonds. The molecule has 0 aliphatic carbocycles. The van der Waals surface area contributed by atoms with Crippen LogP contribution >= 0.6 is 7.60 Å². The van der Waals surface area contributed by atoms with Gasteiger partial charge in [-0.05, 0) is 82.7 Å². The van der Waals surface area contributed by atoms with Crippen molar-refractivity contribution in [2.24, 2.45) is 0 Å². The van der Waals surface area contributed by atoms with Gasteiger partial charge in [-0.15, -0.1) is 0 Å². The summed E-state index contributed by atoms with van der Waals surface area (Å²) in [6.45, 7) is 13.4. The first-order chi connectivity index (χ1) is 15.2. The van der Waals surface area contributed by atoms with Crippen molar-refractivity contribution in [3.05, 3.63) is 71.3 Å². The molecule has 0 aromatic heterocycles. The third-order valence-corrected chi connectivity index (χ3v) is 7.62. The number of rotatable bonds is 2. The minimum absolute atomic E-state index is 0.000963. The van der Waals surface area contributed by atoms with E-state index in [9.17, 15) is 14.4 Å². The predicted molar refractivity (Wildman–Crippen MR) is 141 cm³/mol. The van der Waals surface area contributed by atoms with Gasteiger partial charge >= 0.3 is 7.60 Å². The fourth-order valence-corrected chi connectivity index (χ4v) is 5.80. The molecule has 0 saturated heterocycles. The van der Waals surface area contributed by atoms with Crippen molar-refractivity contribution in [1.29, 1.82) is 0 Å². The molecule has 0 bridgehead atoms. The second-order valence-corrected chi connectivity index (χ2v) is 13.1. The lowest BCUT2D eigenvalue weighted by Crippen LogP contribution is -2.12. The number of hydrogen-bond donors (Lipinski definition) is 2. The average molecular weight is 459 g/mol. The topological polar surface area (TPSA) is 57.5 Å². The van der Waals surface area contributed by atoms with Gasteiger partial charge in [0.2, 0.25) is 0 Å². The van der Waals surface area contributed by atoms with Crippen LogP contribution in [0.4, 0.5) is 0 Å². The number of benzene rings is 5. The summed E-state index contributed by atoms with van der Waals surface area (Å²) in [6, 6.07) is 19.4. The molecule has 0 radical (unpaired) electrons. The summed E-state index contributed by atoms with van der Waals surface area (Å²) >= 11 is 0. The predicted octanol–water partition coefficient (Wildman–Crippen LogP) is 8.01. The molecule has 0 saturated carbocycles. The Hall–Kier alpha value is -2.45. The van der Waals surface area contributed by atoms with E-state index in [-0.39, 0.29) is 17.0 Å². The minimum Gasteiger partial charge on any atom is -0.324 e. The van der Waals surface area contributed by atoms with Gasteiger partial charge in [-0.3, -0.25) is 4.57 Å². The smallest absolute Gasteiger partial charge is 0.324 e. The maximum Gasteiger partial charge on any atom is 0.329 e. The Morgan fingerprint density at radius 1 is 0.667 bits per heavy atom. The Bertz CT molecular complexity index is 1530. The van der Waals surface area contributed by atoms with E-state index in [1.807, 2.05) is 18.2 Å². The van der Waals surface area contributed by atoms with Gasteiger partial charge in [-0.2, -0.15) is 0 Å². The maximum atomic E-state index is 11.9. The molecule has 0 fully saturated rings. The van der Waals surface area contributed by atoms with Crippen molar-refractivity contribution in [3.8, 4) is 0 Å². The molecule has 5 rings (SSSR count). The molecule has 0 aliphatic rings. The van der Waals surface area contributed by atoms with E-state index in [1.165, 1.54) is 32.7 Å². The van der Waals surface area contributed by atoms with Crippen LogP contribution in [0, 0.1) is 0 Å². The second-order valence-electron chi connectivity index (χ2n) is 11.5. The number of fused-ring (bicyclic) bond motifs is 2. The van der Waals surface area contributed by atoms with E-state index in [1.54, 1.807) is 0 Å². The normalized spacial score (nSPS) is 13.7. The van der Waals surface area contributed by atoms with Gasteiger partial charge in [0.25, 0.3) is 0 Å². The SMILES string of the molecule is CC(C)(C)c1cc2cc(C(C)(C)C)cc3c4ccc(CP(=O)(O)O)c5cccc(c(c1)c23)c54. The molecule has 0 heterocycles. The van der Waals surface area contributed by atoms with Gasteiger partial charge in [-0.25, -0.2) is 0 Å². The lowest BCUT2D eigenvalue weighted by atomic mass is 9.79. The largest absolute Gasteiger partial charge is 0.329 e. The summed E-state index contributed by atoms with van der Waals surface area (Å²) < 4.78 is 11.9. The van der Waals surface area contributed by atoms with E-state index < -0.39 is 7.60 Å². The van der Waals surface area contributed by atoms with Crippen molar-refractivity contribution in [2.75, 3.05) is 0 Å². The molecular formula is C29H31O3P. The first-order valence-corrected chi connectivity index (χ1v) is 13.3. The summed E-state index contributed by atoms with van der Waals surface area (Å²) in [5.41, 5.74) is 3.27. The molecule has 4 heteroatoms. The Labute approximate surface area is 194 Å². The fourth-order valence-electron chi connectivity index (χ4n) is 5.08. The van der Waals surface area contributed by atoms with Crippen LogP contribution in [-0.4, -0.2) is 9.79 Å². The van der Waals surface area contributed by atoms with Crippen LogP contribution < -0.4 is 0 Å². The van der Waals surface area contributed by atoms with E-state index in [0.717, 1.165) is 21.5 Å². The summed E-state index contributed by atoms with van der Waals surface area (Å²) in [4.78, 5) is 19.4. The van der Waals surface area contributed by atoms with Crippen molar-refractivity contribution in [3.63, 3.8) is 0 Å². The Morgan fingerprint density at radius 2 is 1.18 bits per heavy atom. The molecule has 0 aliphatic heterocycles. The van der Waals surface area contributed by atoms with Crippen molar-refractivity contribution < 1.29 is 14.4 Å². The molecular weight excluding hydrogens is 427 g/mol. The summed E-state index contributed by atoms with van der Waals surface area (Å²) in [6.07, 6.45) is -0.250. The van der Waals surface area contributed by atoms with Crippen LogP contribution in [0.3, 0.4) is 0 Å². The summed E-state index contributed by atoms with van der Waals surface area (Å²) in [5.74, 6) is 0. The lowest BCUT2D eigenvalue weighted by molar-refractivity contribution is 0.372. The van der Waals surface area contributed by atoms with Crippen molar-refractivity contribution in [2.45, 2.75) is 58.5 Å². The van der Waals surface area contributed by atoms with Gasteiger partial charge < -0.3 is 9.79 Å². The van der Waals surface area contributed by atoms with Crippen LogP contribution in [0.25, 0.3) is 43.1 Å². The quantitative estimate of drug-likeness (QED) is 0.160. The molecule has 170 valence electrons. The molecule has 3 nitrogen and oxygen atoms in total. The Kier molecular flexibility index (Phi) is 4.76. The van der Waals surface area contributed by atoms with Crippen LogP contribution in [0.1, 0.15) is 58.2 Å². The molecule has 33 heavy (non-hydrogen) atoms. The van der Waals surface area contributed by atoms with E-state index in [2.05, 4.69) is 77.9 Å². The van der Waals surface area contributed by atoms with E-state index in [0.29, 0.717) is 5.56 Å².